The zero-order valence-electron chi connectivity index (χ0n) is 6.23. The van der Waals surface area contributed by atoms with Crippen LogP contribution in [0.3, 0.4) is 0 Å². The first-order chi connectivity index (χ1) is 4.70. The molecule has 0 spiro atoms. The maximum absolute atomic E-state index is 10.0. The first-order valence-electron chi connectivity index (χ1n) is 3.13. The van der Waals surface area contributed by atoms with E-state index in [1.54, 1.807) is 13.0 Å². The summed E-state index contributed by atoms with van der Waals surface area (Å²) >= 11 is 5.59. The Kier molecular flexibility index (Phi) is 4.95. The molecule has 10 heavy (non-hydrogen) atoms. The van der Waals surface area contributed by atoms with Crippen LogP contribution in [0.25, 0.3) is 0 Å². The molecule has 56 valence electrons. The van der Waals surface area contributed by atoms with E-state index in [0.717, 1.165) is 11.9 Å². The summed E-state index contributed by atoms with van der Waals surface area (Å²) in [6.45, 7) is 3.67. The van der Waals surface area contributed by atoms with Gasteiger partial charge in [0.25, 0.3) is 0 Å². The standard InChI is InChI=1S/C8H11ClO/c1-3-8(4-5-10)6-7(2)9/h3,5-6H,4H2,1-2H3/b7-6+,8-3-. The average Bonchev–Trinajstić information content (AvgIpc) is 1.86. The molecule has 0 bridgehead atoms. The minimum atomic E-state index is 0.445. The van der Waals surface area contributed by atoms with Crippen LogP contribution in [0.4, 0.5) is 0 Å². The minimum absolute atomic E-state index is 0.445. The molecule has 2 heteroatoms. The third-order valence-electron chi connectivity index (χ3n) is 1.07. The van der Waals surface area contributed by atoms with Crippen molar-refractivity contribution in [2.75, 3.05) is 0 Å². The highest BCUT2D eigenvalue weighted by Gasteiger charge is 1.89. The van der Waals surface area contributed by atoms with Gasteiger partial charge in [0.1, 0.15) is 6.29 Å². The summed E-state index contributed by atoms with van der Waals surface area (Å²) in [5, 5.41) is 0.704. The fraction of sp³-hybridized carbons (Fsp3) is 0.375. The van der Waals surface area contributed by atoms with Crippen LogP contribution in [0.1, 0.15) is 20.3 Å². The molecule has 1 nitrogen and oxygen atoms in total. The maximum atomic E-state index is 10.0. The van der Waals surface area contributed by atoms with Crippen LogP contribution < -0.4 is 0 Å². The van der Waals surface area contributed by atoms with E-state index in [0.29, 0.717) is 11.5 Å². The molecule has 0 N–H and O–H groups in total. The second-order valence-corrected chi connectivity index (χ2v) is 2.56. The molecule has 0 aliphatic rings. The highest BCUT2D eigenvalue weighted by molar-refractivity contribution is 6.29. The van der Waals surface area contributed by atoms with E-state index in [1.165, 1.54) is 0 Å². The highest BCUT2D eigenvalue weighted by Crippen LogP contribution is 2.07. The number of hydrogen-bond acceptors (Lipinski definition) is 1. The molecule has 0 aromatic rings. The van der Waals surface area contributed by atoms with Crippen molar-refractivity contribution in [2.24, 2.45) is 0 Å². The second kappa shape index (κ2) is 5.24. The van der Waals surface area contributed by atoms with Gasteiger partial charge in [-0.3, -0.25) is 0 Å². The fourth-order valence-electron chi connectivity index (χ4n) is 0.612. The van der Waals surface area contributed by atoms with Crippen LogP contribution in [-0.2, 0) is 4.79 Å². The van der Waals surface area contributed by atoms with Gasteiger partial charge in [0, 0.05) is 11.5 Å². The lowest BCUT2D eigenvalue weighted by Gasteiger charge is -1.92. The van der Waals surface area contributed by atoms with E-state index in [4.69, 9.17) is 11.6 Å². The zero-order valence-corrected chi connectivity index (χ0v) is 6.98. The summed E-state index contributed by atoms with van der Waals surface area (Å²) in [6, 6.07) is 0. The monoisotopic (exact) mass is 158 g/mol. The van der Waals surface area contributed by atoms with E-state index in [-0.39, 0.29) is 0 Å². The highest BCUT2D eigenvalue weighted by atomic mass is 35.5. The minimum Gasteiger partial charge on any atom is -0.303 e. The maximum Gasteiger partial charge on any atom is 0.124 e. The number of carbonyl (C=O) groups excluding carboxylic acids is 1. The summed E-state index contributed by atoms with van der Waals surface area (Å²) in [7, 11) is 0. The van der Waals surface area contributed by atoms with Crippen molar-refractivity contribution in [3.05, 3.63) is 22.8 Å². The molecule has 0 fully saturated rings. The molecule has 0 aliphatic heterocycles. The number of rotatable bonds is 3. The summed E-state index contributed by atoms with van der Waals surface area (Å²) in [6.07, 6.45) is 4.97. The molecule has 0 unspecified atom stereocenters. The van der Waals surface area contributed by atoms with E-state index in [1.807, 2.05) is 13.0 Å². The van der Waals surface area contributed by atoms with E-state index < -0.39 is 0 Å². The SMILES string of the molecule is C/C=C(\C=C(/C)Cl)CC=O. The summed E-state index contributed by atoms with van der Waals surface area (Å²) in [4.78, 5) is 10.0. The van der Waals surface area contributed by atoms with Crippen molar-refractivity contribution in [1.82, 2.24) is 0 Å². The normalized spacial score (nSPS) is 13.5. The quantitative estimate of drug-likeness (QED) is 0.456. The lowest BCUT2D eigenvalue weighted by molar-refractivity contribution is -0.107. The molecule has 0 aliphatic carbocycles. The molecule has 0 saturated heterocycles. The Hall–Kier alpha value is -0.560. The molecule has 0 rings (SSSR count). The van der Waals surface area contributed by atoms with Gasteiger partial charge in [-0.05, 0) is 25.5 Å². The van der Waals surface area contributed by atoms with E-state index in [9.17, 15) is 4.79 Å². The fourth-order valence-corrected chi connectivity index (χ4v) is 0.752. The number of halogens is 1. The molecule has 0 aromatic carbocycles. The average molecular weight is 159 g/mol. The van der Waals surface area contributed by atoms with Crippen molar-refractivity contribution >= 4 is 17.9 Å². The van der Waals surface area contributed by atoms with Crippen molar-refractivity contribution < 1.29 is 4.79 Å². The zero-order chi connectivity index (χ0) is 7.98. The molecule has 0 atom stereocenters. The Labute approximate surface area is 66.4 Å². The molecule has 0 radical (unpaired) electrons. The Bertz CT molecular complexity index is 164. The van der Waals surface area contributed by atoms with Gasteiger partial charge in [0.15, 0.2) is 0 Å². The molecular weight excluding hydrogens is 148 g/mol. The Balaban J connectivity index is 4.10. The topological polar surface area (TPSA) is 17.1 Å². The first kappa shape index (κ1) is 9.44. The first-order valence-corrected chi connectivity index (χ1v) is 3.51. The van der Waals surface area contributed by atoms with E-state index >= 15 is 0 Å². The summed E-state index contributed by atoms with van der Waals surface area (Å²) in [5.74, 6) is 0. The van der Waals surface area contributed by atoms with Crippen LogP contribution >= 0.6 is 11.6 Å². The van der Waals surface area contributed by atoms with Gasteiger partial charge < -0.3 is 4.79 Å². The van der Waals surface area contributed by atoms with Gasteiger partial charge in [-0.25, -0.2) is 0 Å². The number of allylic oxidation sites excluding steroid dienone is 4. The Morgan fingerprint density at radius 2 is 2.20 bits per heavy atom. The second-order valence-electron chi connectivity index (χ2n) is 1.97. The van der Waals surface area contributed by atoms with Gasteiger partial charge in [-0.1, -0.05) is 17.7 Å². The predicted octanol–water partition coefficient (Wildman–Crippen LogP) is 2.66. The largest absolute Gasteiger partial charge is 0.303 e. The number of aldehydes is 1. The van der Waals surface area contributed by atoms with Crippen molar-refractivity contribution in [3.8, 4) is 0 Å². The Morgan fingerprint density at radius 3 is 2.50 bits per heavy atom. The predicted molar refractivity (Wildman–Crippen MR) is 44.0 cm³/mol. The van der Waals surface area contributed by atoms with E-state index in [2.05, 4.69) is 0 Å². The van der Waals surface area contributed by atoms with Crippen LogP contribution in [-0.4, -0.2) is 6.29 Å². The summed E-state index contributed by atoms with van der Waals surface area (Å²) < 4.78 is 0. The van der Waals surface area contributed by atoms with Gasteiger partial charge >= 0.3 is 0 Å². The van der Waals surface area contributed by atoms with Gasteiger partial charge in [0.2, 0.25) is 0 Å². The van der Waals surface area contributed by atoms with Crippen LogP contribution in [0.5, 0.6) is 0 Å². The van der Waals surface area contributed by atoms with Crippen LogP contribution in [0.15, 0.2) is 22.8 Å². The van der Waals surface area contributed by atoms with Crippen LogP contribution in [0, 0.1) is 0 Å². The molecule has 0 saturated carbocycles. The van der Waals surface area contributed by atoms with Gasteiger partial charge in [-0.2, -0.15) is 0 Å². The smallest absolute Gasteiger partial charge is 0.124 e. The molecular formula is C8H11ClO. The lowest BCUT2D eigenvalue weighted by Crippen LogP contribution is -1.79. The third kappa shape index (κ3) is 4.33. The third-order valence-corrected chi connectivity index (χ3v) is 1.18. The number of carbonyl (C=O) groups is 1. The van der Waals surface area contributed by atoms with Crippen LogP contribution in [0.2, 0.25) is 0 Å². The van der Waals surface area contributed by atoms with Gasteiger partial charge in [0.05, 0.1) is 0 Å². The summed E-state index contributed by atoms with van der Waals surface area (Å²) in [5.41, 5.74) is 0.961. The number of hydrogen-bond donors (Lipinski definition) is 0. The lowest BCUT2D eigenvalue weighted by atomic mass is 10.2. The van der Waals surface area contributed by atoms with Crippen molar-refractivity contribution in [3.63, 3.8) is 0 Å². The Morgan fingerprint density at radius 1 is 1.60 bits per heavy atom. The van der Waals surface area contributed by atoms with Crippen molar-refractivity contribution in [1.29, 1.82) is 0 Å². The van der Waals surface area contributed by atoms with Crippen molar-refractivity contribution in [2.45, 2.75) is 20.3 Å². The molecule has 0 heterocycles. The molecule has 0 aromatic heterocycles. The van der Waals surface area contributed by atoms with Gasteiger partial charge in [-0.15, -0.1) is 0 Å². The molecule has 0 amide bonds.